The van der Waals surface area contributed by atoms with E-state index in [-0.39, 0.29) is 12.2 Å². The summed E-state index contributed by atoms with van der Waals surface area (Å²) in [6.07, 6.45) is 1.50. The molecule has 25 heavy (non-hydrogen) atoms. The molecule has 1 saturated heterocycles. The third-order valence-electron chi connectivity index (χ3n) is 4.15. The summed E-state index contributed by atoms with van der Waals surface area (Å²) >= 11 is 0. The molecule has 0 spiro atoms. The maximum absolute atomic E-state index is 10.1. The smallest absolute Gasteiger partial charge is 0.191 e. The molecule has 0 aromatic heterocycles. The fraction of sp³-hybridized carbons (Fsp3) is 0.632. The number of guanidine groups is 1. The molecule has 1 aliphatic heterocycles. The summed E-state index contributed by atoms with van der Waals surface area (Å²) in [7, 11) is 0. The van der Waals surface area contributed by atoms with Crippen molar-refractivity contribution in [2.24, 2.45) is 4.99 Å². The number of aryl methyl sites for hydroxylation is 1. The molecule has 0 radical (unpaired) electrons. The van der Waals surface area contributed by atoms with Gasteiger partial charge in [-0.15, -0.1) is 0 Å². The minimum atomic E-state index is -0.623. The highest BCUT2D eigenvalue weighted by Crippen LogP contribution is 2.24. The summed E-state index contributed by atoms with van der Waals surface area (Å²) < 4.78 is 11.4. The van der Waals surface area contributed by atoms with Crippen molar-refractivity contribution in [2.75, 3.05) is 32.8 Å². The van der Waals surface area contributed by atoms with Gasteiger partial charge in [0.05, 0.1) is 12.1 Å². The minimum Gasteiger partial charge on any atom is -0.491 e. The van der Waals surface area contributed by atoms with Crippen molar-refractivity contribution in [2.45, 2.75) is 45.3 Å². The Morgan fingerprint density at radius 2 is 2.28 bits per heavy atom. The number of rotatable bonds is 8. The lowest BCUT2D eigenvalue weighted by Crippen LogP contribution is -2.43. The van der Waals surface area contributed by atoms with Crippen molar-refractivity contribution in [1.29, 1.82) is 0 Å². The third kappa shape index (κ3) is 6.92. The van der Waals surface area contributed by atoms with Crippen LogP contribution < -0.4 is 15.4 Å². The largest absolute Gasteiger partial charge is 0.491 e. The Morgan fingerprint density at radius 3 is 2.96 bits per heavy atom. The van der Waals surface area contributed by atoms with Crippen molar-refractivity contribution in [3.05, 3.63) is 29.8 Å². The molecule has 1 aromatic rings. The summed E-state index contributed by atoms with van der Waals surface area (Å²) in [4.78, 5) is 4.59. The molecular weight excluding hydrogens is 318 g/mol. The van der Waals surface area contributed by atoms with Crippen LogP contribution in [-0.4, -0.2) is 55.6 Å². The summed E-state index contributed by atoms with van der Waals surface area (Å²) in [6, 6.07) is 7.80. The van der Waals surface area contributed by atoms with E-state index in [1.165, 1.54) is 0 Å². The van der Waals surface area contributed by atoms with Crippen LogP contribution in [0.4, 0.5) is 0 Å². The molecule has 1 heterocycles. The summed E-state index contributed by atoms with van der Waals surface area (Å²) in [5.41, 5.74) is 0.962. The number of aliphatic imine (C=N–C) groups is 1. The van der Waals surface area contributed by atoms with E-state index in [0.29, 0.717) is 19.0 Å². The molecule has 140 valence electrons. The Bertz CT molecular complexity index is 557. The maximum atomic E-state index is 10.1. The van der Waals surface area contributed by atoms with Gasteiger partial charge < -0.3 is 25.2 Å². The first-order valence-electron chi connectivity index (χ1n) is 9.04. The quantitative estimate of drug-likeness (QED) is 0.493. The molecule has 6 nitrogen and oxygen atoms in total. The Labute approximate surface area is 150 Å². The third-order valence-corrected chi connectivity index (χ3v) is 4.15. The van der Waals surface area contributed by atoms with Gasteiger partial charge in [-0.3, -0.25) is 4.99 Å². The monoisotopic (exact) mass is 349 g/mol. The van der Waals surface area contributed by atoms with Gasteiger partial charge in [0.15, 0.2) is 5.96 Å². The van der Waals surface area contributed by atoms with Gasteiger partial charge in [0, 0.05) is 19.7 Å². The van der Waals surface area contributed by atoms with Crippen LogP contribution in [0.15, 0.2) is 29.3 Å². The van der Waals surface area contributed by atoms with Crippen LogP contribution in [-0.2, 0) is 4.74 Å². The second-order valence-electron chi connectivity index (χ2n) is 6.76. The molecule has 0 bridgehead atoms. The number of hydrogen-bond acceptors (Lipinski definition) is 4. The molecule has 0 aliphatic carbocycles. The van der Waals surface area contributed by atoms with Gasteiger partial charge in [0.2, 0.25) is 0 Å². The number of hydrogen-bond donors (Lipinski definition) is 3. The molecule has 2 unspecified atom stereocenters. The average Bonchev–Trinajstić information content (AvgIpc) is 3.02. The Kier molecular flexibility index (Phi) is 7.52. The number of nitrogens with one attached hydrogen (secondary N) is 2. The van der Waals surface area contributed by atoms with Gasteiger partial charge >= 0.3 is 0 Å². The van der Waals surface area contributed by atoms with E-state index in [1.807, 2.05) is 38.1 Å². The summed E-state index contributed by atoms with van der Waals surface area (Å²) in [5, 5.41) is 16.5. The van der Waals surface area contributed by atoms with Gasteiger partial charge in [0.25, 0.3) is 0 Å². The standard InChI is InChI=1S/C19H31N3O3/c1-4-20-18(22-14-19(3)9-6-10-25-19)21-12-16(23)13-24-17-8-5-7-15(2)11-17/h5,7-8,11,16,23H,4,6,9-10,12-14H2,1-3H3,(H2,20,21,22). The molecular formula is C19H31N3O3. The summed E-state index contributed by atoms with van der Waals surface area (Å²) in [5.74, 6) is 1.46. The second-order valence-corrected chi connectivity index (χ2v) is 6.76. The van der Waals surface area contributed by atoms with Gasteiger partial charge in [-0.1, -0.05) is 12.1 Å². The normalized spacial score (nSPS) is 21.8. The number of aliphatic hydroxyl groups excluding tert-OH is 1. The van der Waals surface area contributed by atoms with Gasteiger partial charge in [-0.25, -0.2) is 0 Å². The molecule has 1 aliphatic rings. The first-order valence-corrected chi connectivity index (χ1v) is 9.04. The van der Waals surface area contributed by atoms with Gasteiger partial charge in [-0.2, -0.15) is 0 Å². The average molecular weight is 349 g/mol. The highest BCUT2D eigenvalue weighted by atomic mass is 16.5. The molecule has 0 amide bonds. The molecule has 1 aromatic carbocycles. The van der Waals surface area contributed by atoms with E-state index in [1.54, 1.807) is 0 Å². The molecule has 1 fully saturated rings. The van der Waals surface area contributed by atoms with Crippen LogP contribution in [0.5, 0.6) is 5.75 Å². The van der Waals surface area contributed by atoms with E-state index < -0.39 is 6.10 Å². The van der Waals surface area contributed by atoms with Crippen molar-refractivity contribution < 1.29 is 14.6 Å². The first kappa shape index (κ1) is 19.5. The number of benzene rings is 1. The zero-order chi connectivity index (χ0) is 18.1. The van der Waals surface area contributed by atoms with E-state index in [0.717, 1.165) is 37.3 Å². The van der Waals surface area contributed by atoms with Crippen molar-refractivity contribution >= 4 is 5.96 Å². The molecule has 3 N–H and O–H groups in total. The van der Waals surface area contributed by atoms with Crippen molar-refractivity contribution in [3.8, 4) is 5.75 Å². The zero-order valence-corrected chi connectivity index (χ0v) is 15.5. The maximum Gasteiger partial charge on any atom is 0.191 e. The first-order chi connectivity index (χ1) is 12.0. The second kappa shape index (κ2) is 9.63. The van der Waals surface area contributed by atoms with E-state index >= 15 is 0 Å². The van der Waals surface area contributed by atoms with E-state index in [2.05, 4.69) is 22.5 Å². The number of aliphatic hydroxyl groups is 1. The molecule has 6 heteroatoms. The number of ether oxygens (including phenoxy) is 2. The Hall–Kier alpha value is -1.79. The van der Waals surface area contributed by atoms with Crippen LogP contribution in [0.1, 0.15) is 32.3 Å². The van der Waals surface area contributed by atoms with Gasteiger partial charge in [0.1, 0.15) is 18.5 Å². The fourth-order valence-electron chi connectivity index (χ4n) is 2.72. The summed E-state index contributed by atoms with van der Waals surface area (Å²) in [6.45, 7) is 8.91. The predicted molar refractivity (Wildman–Crippen MR) is 100 cm³/mol. The lowest BCUT2D eigenvalue weighted by molar-refractivity contribution is 0.0283. The van der Waals surface area contributed by atoms with Crippen molar-refractivity contribution in [1.82, 2.24) is 10.6 Å². The van der Waals surface area contributed by atoms with Gasteiger partial charge in [-0.05, 0) is 51.3 Å². The topological polar surface area (TPSA) is 75.1 Å². The number of nitrogens with zero attached hydrogens (tertiary/aromatic N) is 1. The van der Waals surface area contributed by atoms with Crippen LogP contribution in [0.25, 0.3) is 0 Å². The molecule has 2 atom stereocenters. The molecule has 2 rings (SSSR count). The van der Waals surface area contributed by atoms with Crippen LogP contribution in [0, 0.1) is 6.92 Å². The van der Waals surface area contributed by atoms with Crippen LogP contribution >= 0.6 is 0 Å². The highest BCUT2D eigenvalue weighted by molar-refractivity contribution is 5.79. The fourth-order valence-corrected chi connectivity index (χ4v) is 2.72. The van der Waals surface area contributed by atoms with E-state index in [9.17, 15) is 5.11 Å². The Balaban J connectivity index is 1.77. The van der Waals surface area contributed by atoms with Crippen LogP contribution in [0.3, 0.4) is 0 Å². The zero-order valence-electron chi connectivity index (χ0n) is 15.5. The SMILES string of the molecule is CCNC(=NCC1(C)CCCO1)NCC(O)COc1cccc(C)c1. The van der Waals surface area contributed by atoms with Crippen LogP contribution in [0.2, 0.25) is 0 Å². The lowest BCUT2D eigenvalue weighted by atomic mass is 10.0. The Morgan fingerprint density at radius 1 is 1.44 bits per heavy atom. The predicted octanol–water partition coefficient (Wildman–Crippen LogP) is 1.86. The van der Waals surface area contributed by atoms with E-state index in [4.69, 9.17) is 9.47 Å². The molecule has 0 saturated carbocycles. The lowest BCUT2D eigenvalue weighted by Gasteiger charge is -2.22. The highest BCUT2D eigenvalue weighted by Gasteiger charge is 2.29. The van der Waals surface area contributed by atoms with Crippen molar-refractivity contribution in [3.63, 3.8) is 0 Å². The minimum absolute atomic E-state index is 0.171.